The number of hydrogen-bond acceptors (Lipinski definition) is 3. The fourth-order valence-electron chi connectivity index (χ4n) is 3.24. The third-order valence-corrected chi connectivity index (χ3v) is 5.09. The van der Waals surface area contributed by atoms with Crippen molar-refractivity contribution in [2.45, 2.75) is 39.5 Å². The standard InChI is InChI=1S/C27H30O4/c1-3-5-15-30-25-11-7-20(8-12-25)22-17-23(19-24(18-22)27(28)29)21-9-13-26(14-10-21)31-16-6-4-2/h7-14,17-19H,3-6,15-16H2,1-2H3,(H,28,29). The molecule has 4 nitrogen and oxygen atoms in total. The summed E-state index contributed by atoms with van der Waals surface area (Å²) in [5.74, 6) is 0.707. The second-order valence-electron chi connectivity index (χ2n) is 7.56. The molecule has 0 spiro atoms. The molecule has 3 aromatic rings. The zero-order chi connectivity index (χ0) is 22.1. The van der Waals surface area contributed by atoms with Gasteiger partial charge < -0.3 is 14.6 Å². The first-order valence-electron chi connectivity index (χ1n) is 11.0. The molecule has 31 heavy (non-hydrogen) atoms. The number of ether oxygens (including phenoxy) is 2. The fraction of sp³-hybridized carbons (Fsp3) is 0.296. The molecule has 0 atom stereocenters. The molecular formula is C27H30O4. The smallest absolute Gasteiger partial charge is 0.335 e. The Morgan fingerprint density at radius 1 is 0.677 bits per heavy atom. The van der Waals surface area contributed by atoms with Crippen LogP contribution in [0.3, 0.4) is 0 Å². The Morgan fingerprint density at radius 2 is 1.10 bits per heavy atom. The van der Waals surface area contributed by atoms with E-state index in [4.69, 9.17) is 9.47 Å². The van der Waals surface area contributed by atoms with Crippen LogP contribution in [0.15, 0.2) is 66.7 Å². The van der Waals surface area contributed by atoms with E-state index in [1.807, 2.05) is 54.6 Å². The molecule has 0 aliphatic rings. The molecule has 0 saturated carbocycles. The molecule has 0 aliphatic carbocycles. The van der Waals surface area contributed by atoms with Crippen LogP contribution in [0, 0.1) is 0 Å². The van der Waals surface area contributed by atoms with Gasteiger partial charge in [-0.15, -0.1) is 0 Å². The molecule has 3 rings (SSSR count). The summed E-state index contributed by atoms with van der Waals surface area (Å²) >= 11 is 0. The summed E-state index contributed by atoms with van der Waals surface area (Å²) in [6.07, 6.45) is 4.23. The van der Waals surface area contributed by atoms with Crippen LogP contribution < -0.4 is 9.47 Å². The van der Waals surface area contributed by atoms with E-state index in [-0.39, 0.29) is 5.56 Å². The third kappa shape index (κ3) is 6.35. The summed E-state index contributed by atoms with van der Waals surface area (Å²) in [6, 6.07) is 21.0. The summed E-state index contributed by atoms with van der Waals surface area (Å²) in [6.45, 7) is 5.66. The van der Waals surface area contributed by atoms with Crippen LogP contribution in [-0.4, -0.2) is 24.3 Å². The van der Waals surface area contributed by atoms with Gasteiger partial charge in [-0.25, -0.2) is 4.79 Å². The van der Waals surface area contributed by atoms with E-state index in [0.717, 1.165) is 59.4 Å². The molecule has 3 aromatic carbocycles. The predicted octanol–water partition coefficient (Wildman–Crippen LogP) is 7.08. The Labute approximate surface area is 184 Å². The van der Waals surface area contributed by atoms with Gasteiger partial charge in [0.05, 0.1) is 18.8 Å². The van der Waals surface area contributed by atoms with Crippen molar-refractivity contribution in [1.82, 2.24) is 0 Å². The van der Waals surface area contributed by atoms with Crippen molar-refractivity contribution in [2.75, 3.05) is 13.2 Å². The molecule has 0 heterocycles. The van der Waals surface area contributed by atoms with Gasteiger partial charge in [0, 0.05) is 0 Å². The fourth-order valence-corrected chi connectivity index (χ4v) is 3.24. The molecule has 162 valence electrons. The zero-order valence-electron chi connectivity index (χ0n) is 18.3. The number of unbranched alkanes of at least 4 members (excludes halogenated alkanes) is 2. The lowest BCUT2D eigenvalue weighted by Gasteiger charge is -2.11. The Bertz CT molecular complexity index is 903. The lowest BCUT2D eigenvalue weighted by atomic mass is 9.96. The SMILES string of the molecule is CCCCOc1ccc(-c2cc(C(=O)O)cc(-c3ccc(OCCCC)cc3)c2)cc1. The molecule has 0 aliphatic heterocycles. The van der Waals surface area contributed by atoms with Crippen LogP contribution >= 0.6 is 0 Å². The summed E-state index contributed by atoms with van der Waals surface area (Å²) in [7, 11) is 0. The molecule has 4 heteroatoms. The van der Waals surface area contributed by atoms with E-state index in [1.165, 1.54) is 0 Å². The molecule has 0 radical (unpaired) electrons. The van der Waals surface area contributed by atoms with Gasteiger partial charge in [0.2, 0.25) is 0 Å². The van der Waals surface area contributed by atoms with Crippen LogP contribution in [0.4, 0.5) is 0 Å². The van der Waals surface area contributed by atoms with Crippen molar-refractivity contribution in [2.24, 2.45) is 0 Å². The van der Waals surface area contributed by atoms with Crippen LogP contribution in [0.25, 0.3) is 22.3 Å². The number of benzene rings is 3. The van der Waals surface area contributed by atoms with Crippen molar-refractivity contribution in [3.8, 4) is 33.8 Å². The molecule has 1 N–H and O–H groups in total. The second kappa shape index (κ2) is 11.2. The monoisotopic (exact) mass is 418 g/mol. The first-order valence-corrected chi connectivity index (χ1v) is 11.0. The van der Waals surface area contributed by atoms with Gasteiger partial charge in [0.15, 0.2) is 0 Å². The van der Waals surface area contributed by atoms with Gasteiger partial charge >= 0.3 is 5.97 Å². The average molecular weight is 419 g/mol. The highest BCUT2D eigenvalue weighted by atomic mass is 16.5. The maximum Gasteiger partial charge on any atom is 0.335 e. The van der Waals surface area contributed by atoms with E-state index in [0.29, 0.717) is 13.2 Å². The summed E-state index contributed by atoms with van der Waals surface area (Å²) in [4.78, 5) is 11.7. The maximum atomic E-state index is 11.7. The first kappa shape index (κ1) is 22.4. The number of hydrogen-bond donors (Lipinski definition) is 1. The quantitative estimate of drug-likeness (QED) is 0.338. The summed E-state index contributed by atoms with van der Waals surface area (Å²) in [5, 5.41) is 9.62. The van der Waals surface area contributed by atoms with Crippen molar-refractivity contribution in [3.05, 3.63) is 72.3 Å². The van der Waals surface area contributed by atoms with Gasteiger partial charge in [-0.3, -0.25) is 0 Å². The van der Waals surface area contributed by atoms with Gasteiger partial charge in [0.1, 0.15) is 11.5 Å². The molecule has 0 aromatic heterocycles. The maximum absolute atomic E-state index is 11.7. The van der Waals surface area contributed by atoms with E-state index >= 15 is 0 Å². The minimum absolute atomic E-state index is 0.263. The van der Waals surface area contributed by atoms with Crippen LogP contribution in [0.1, 0.15) is 49.9 Å². The number of rotatable bonds is 11. The minimum atomic E-state index is -0.942. The highest BCUT2D eigenvalue weighted by Crippen LogP contribution is 2.30. The van der Waals surface area contributed by atoms with Gasteiger partial charge in [-0.2, -0.15) is 0 Å². The number of carbonyl (C=O) groups is 1. The van der Waals surface area contributed by atoms with E-state index in [1.54, 1.807) is 12.1 Å². The predicted molar refractivity (Wildman–Crippen MR) is 125 cm³/mol. The molecule has 0 amide bonds. The summed E-state index contributed by atoms with van der Waals surface area (Å²) < 4.78 is 11.5. The van der Waals surface area contributed by atoms with Gasteiger partial charge in [0.25, 0.3) is 0 Å². The Morgan fingerprint density at radius 3 is 1.45 bits per heavy atom. The Hall–Kier alpha value is -3.27. The highest BCUT2D eigenvalue weighted by Gasteiger charge is 2.10. The average Bonchev–Trinajstić information content (AvgIpc) is 2.80. The first-order chi connectivity index (χ1) is 15.1. The number of carboxylic acids is 1. The molecule has 0 unspecified atom stereocenters. The summed E-state index contributed by atoms with van der Waals surface area (Å²) in [5.41, 5.74) is 3.88. The lowest BCUT2D eigenvalue weighted by Crippen LogP contribution is -1.98. The van der Waals surface area contributed by atoms with Crippen LogP contribution in [-0.2, 0) is 0 Å². The van der Waals surface area contributed by atoms with Crippen molar-refractivity contribution >= 4 is 5.97 Å². The molecule has 0 saturated heterocycles. The third-order valence-electron chi connectivity index (χ3n) is 5.09. The van der Waals surface area contributed by atoms with Crippen molar-refractivity contribution in [3.63, 3.8) is 0 Å². The van der Waals surface area contributed by atoms with E-state index < -0.39 is 5.97 Å². The highest BCUT2D eigenvalue weighted by molar-refractivity contribution is 5.92. The van der Waals surface area contributed by atoms with Gasteiger partial charge in [-0.1, -0.05) is 51.0 Å². The normalized spacial score (nSPS) is 10.6. The minimum Gasteiger partial charge on any atom is -0.494 e. The molecule has 0 fully saturated rings. The van der Waals surface area contributed by atoms with Gasteiger partial charge in [-0.05, 0) is 77.6 Å². The molecule has 0 bridgehead atoms. The lowest BCUT2D eigenvalue weighted by molar-refractivity contribution is 0.0697. The Kier molecular flexibility index (Phi) is 8.11. The van der Waals surface area contributed by atoms with Crippen LogP contribution in [0.2, 0.25) is 0 Å². The second-order valence-corrected chi connectivity index (χ2v) is 7.56. The number of carboxylic acid groups (broad SMARTS) is 1. The van der Waals surface area contributed by atoms with Crippen molar-refractivity contribution < 1.29 is 19.4 Å². The molecular weight excluding hydrogens is 388 g/mol. The van der Waals surface area contributed by atoms with Crippen LogP contribution in [0.5, 0.6) is 11.5 Å². The van der Waals surface area contributed by atoms with Crippen molar-refractivity contribution in [1.29, 1.82) is 0 Å². The van der Waals surface area contributed by atoms with E-state index in [9.17, 15) is 9.90 Å². The largest absolute Gasteiger partial charge is 0.494 e. The topological polar surface area (TPSA) is 55.8 Å². The Balaban J connectivity index is 1.85. The van der Waals surface area contributed by atoms with E-state index in [2.05, 4.69) is 13.8 Å². The zero-order valence-corrected chi connectivity index (χ0v) is 18.3. The number of aromatic carboxylic acids is 1.